The summed E-state index contributed by atoms with van der Waals surface area (Å²) in [6, 6.07) is 11.8. The molecule has 0 saturated carbocycles. The molecule has 1 aromatic heterocycles. The zero-order valence-corrected chi connectivity index (χ0v) is 16.2. The summed E-state index contributed by atoms with van der Waals surface area (Å²) in [4.78, 5) is 4.39. The monoisotopic (exact) mass is 393 g/mol. The van der Waals surface area contributed by atoms with Crippen molar-refractivity contribution >= 4 is 23.4 Å². The molecule has 1 heterocycles. The fraction of sp³-hybridized carbons (Fsp3) is 0.350. The van der Waals surface area contributed by atoms with E-state index in [-0.39, 0.29) is 35.8 Å². The van der Waals surface area contributed by atoms with Crippen LogP contribution in [0.1, 0.15) is 31.9 Å². The second-order valence-electron chi connectivity index (χ2n) is 7.16. The quantitative estimate of drug-likeness (QED) is 0.571. The van der Waals surface area contributed by atoms with Crippen molar-refractivity contribution in [3.8, 4) is 5.75 Å². The first kappa shape index (κ1) is 21.2. The van der Waals surface area contributed by atoms with Gasteiger partial charge in [0.15, 0.2) is 0 Å². The van der Waals surface area contributed by atoms with Gasteiger partial charge in [-0.2, -0.15) is 0 Å². The van der Waals surface area contributed by atoms with E-state index >= 15 is 0 Å². The van der Waals surface area contributed by atoms with Crippen LogP contribution in [-0.2, 0) is 6.54 Å². The van der Waals surface area contributed by atoms with Gasteiger partial charge in [0.1, 0.15) is 11.6 Å². The number of hydrogen-bond donors (Lipinski definition) is 3. The number of aliphatic hydroxyl groups excluding tert-OH is 1. The van der Waals surface area contributed by atoms with Gasteiger partial charge in [0.25, 0.3) is 0 Å². The molecule has 0 aliphatic carbocycles. The summed E-state index contributed by atoms with van der Waals surface area (Å²) >= 11 is 0. The fourth-order valence-electron chi connectivity index (χ4n) is 2.95. The van der Waals surface area contributed by atoms with Gasteiger partial charge in [0.2, 0.25) is 0 Å². The molecule has 3 aromatic rings. The van der Waals surface area contributed by atoms with E-state index in [4.69, 9.17) is 0 Å². The van der Waals surface area contributed by atoms with Gasteiger partial charge in [0, 0.05) is 30.3 Å². The molecule has 0 radical (unpaired) electrons. The number of fused-ring (bicyclic) bond motifs is 1. The van der Waals surface area contributed by atoms with Crippen molar-refractivity contribution in [2.75, 3.05) is 6.54 Å². The summed E-state index contributed by atoms with van der Waals surface area (Å²) in [5.41, 5.74) is 1.98. The number of hydrogen-bond acceptors (Lipinski definition) is 4. The number of aromatic hydroxyl groups is 1. The predicted molar refractivity (Wildman–Crippen MR) is 107 cm³/mol. The molecule has 146 valence electrons. The van der Waals surface area contributed by atoms with Crippen LogP contribution in [0.25, 0.3) is 11.0 Å². The van der Waals surface area contributed by atoms with Crippen LogP contribution < -0.4 is 5.32 Å². The third-order valence-corrected chi connectivity index (χ3v) is 4.62. The average molecular weight is 394 g/mol. The number of phenols is 1. The maximum Gasteiger partial charge on any atom is 0.132 e. The highest BCUT2D eigenvalue weighted by atomic mass is 35.5. The molecular formula is C20H25ClFN3O2. The van der Waals surface area contributed by atoms with E-state index in [1.165, 1.54) is 12.1 Å². The SMILES string of the molecule is CC(C)(CCn1cnc2ccccc21)NCC(O)c1ccc(O)cc1F.Cl. The Kier molecular flexibility index (Phi) is 6.81. The molecule has 1 unspecified atom stereocenters. The second kappa shape index (κ2) is 8.69. The molecule has 0 aliphatic rings. The maximum atomic E-state index is 13.8. The number of benzene rings is 2. The first-order valence-electron chi connectivity index (χ1n) is 8.67. The number of para-hydroxylation sites is 2. The highest BCUT2D eigenvalue weighted by Gasteiger charge is 2.21. The van der Waals surface area contributed by atoms with Crippen LogP contribution in [0.2, 0.25) is 0 Å². The van der Waals surface area contributed by atoms with Crippen LogP contribution in [0.15, 0.2) is 48.8 Å². The summed E-state index contributed by atoms with van der Waals surface area (Å²) in [6.45, 7) is 5.10. The van der Waals surface area contributed by atoms with Crippen molar-refractivity contribution in [3.05, 3.63) is 60.2 Å². The fourth-order valence-corrected chi connectivity index (χ4v) is 2.95. The van der Waals surface area contributed by atoms with Gasteiger partial charge in [0.05, 0.1) is 23.5 Å². The first-order chi connectivity index (χ1) is 12.4. The number of aryl methyl sites for hydroxylation is 1. The van der Waals surface area contributed by atoms with Gasteiger partial charge >= 0.3 is 0 Å². The van der Waals surface area contributed by atoms with Crippen LogP contribution in [0.4, 0.5) is 4.39 Å². The number of rotatable bonds is 7. The third-order valence-electron chi connectivity index (χ3n) is 4.62. The lowest BCUT2D eigenvalue weighted by Crippen LogP contribution is -2.42. The maximum absolute atomic E-state index is 13.8. The van der Waals surface area contributed by atoms with Crippen molar-refractivity contribution < 1.29 is 14.6 Å². The van der Waals surface area contributed by atoms with Crippen LogP contribution in [0, 0.1) is 5.82 Å². The number of aliphatic hydroxyl groups is 1. The number of aromatic nitrogens is 2. The normalized spacial score (nSPS) is 12.7. The zero-order chi connectivity index (χ0) is 18.7. The van der Waals surface area contributed by atoms with Crippen molar-refractivity contribution in [3.63, 3.8) is 0 Å². The van der Waals surface area contributed by atoms with Gasteiger partial charge in [-0.3, -0.25) is 0 Å². The Morgan fingerprint density at radius 1 is 1.22 bits per heavy atom. The summed E-state index contributed by atoms with van der Waals surface area (Å²) < 4.78 is 16.0. The van der Waals surface area contributed by atoms with Crippen molar-refractivity contribution in [1.29, 1.82) is 0 Å². The van der Waals surface area contributed by atoms with Crippen LogP contribution in [-0.4, -0.2) is 31.8 Å². The second-order valence-corrected chi connectivity index (χ2v) is 7.16. The Morgan fingerprint density at radius 3 is 2.70 bits per heavy atom. The molecule has 27 heavy (non-hydrogen) atoms. The van der Waals surface area contributed by atoms with Crippen molar-refractivity contribution in [1.82, 2.24) is 14.9 Å². The Labute approximate surface area is 164 Å². The lowest BCUT2D eigenvalue weighted by atomic mass is 9.99. The van der Waals surface area contributed by atoms with E-state index in [9.17, 15) is 14.6 Å². The number of nitrogens with one attached hydrogen (secondary N) is 1. The van der Waals surface area contributed by atoms with Crippen LogP contribution in [0.3, 0.4) is 0 Å². The topological polar surface area (TPSA) is 70.3 Å². The van der Waals surface area contributed by atoms with E-state index < -0.39 is 11.9 Å². The lowest BCUT2D eigenvalue weighted by molar-refractivity contribution is 0.154. The standard InChI is InChI=1S/C20H24FN3O2.ClH/c1-20(2,9-10-24-13-22-17-5-3-4-6-18(17)24)23-12-19(26)15-8-7-14(25)11-16(15)21;/h3-8,11,13,19,23,25-26H,9-10,12H2,1-2H3;1H. The average Bonchev–Trinajstić information content (AvgIpc) is 3.01. The van der Waals surface area contributed by atoms with Gasteiger partial charge in [-0.05, 0) is 44.5 Å². The third kappa shape index (κ3) is 5.19. The largest absolute Gasteiger partial charge is 0.508 e. The van der Waals surface area contributed by atoms with E-state index in [0.29, 0.717) is 0 Å². The van der Waals surface area contributed by atoms with E-state index in [1.807, 2.05) is 44.4 Å². The van der Waals surface area contributed by atoms with E-state index in [0.717, 1.165) is 30.1 Å². The molecule has 5 nitrogen and oxygen atoms in total. The summed E-state index contributed by atoms with van der Waals surface area (Å²) in [5.74, 6) is -0.763. The van der Waals surface area contributed by atoms with Crippen molar-refractivity contribution in [2.24, 2.45) is 0 Å². The molecule has 3 rings (SSSR count). The molecule has 0 spiro atoms. The zero-order valence-electron chi connectivity index (χ0n) is 15.4. The minimum Gasteiger partial charge on any atom is -0.508 e. The molecule has 1 atom stereocenters. The smallest absolute Gasteiger partial charge is 0.132 e. The van der Waals surface area contributed by atoms with Gasteiger partial charge in [-0.25, -0.2) is 9.37 Å². The molecular weight excluding hydrogens is 369 g/mol. The molecule has 0 fully saturated rings. The number of halogens is 2. The molecule has 0 bridgehead atoms. The summed E-state index contributed by atoms with van der Waals surface area (Å²) in [5, 5.41) is 22.8. The van der Waals surface area contributed by atoms with Crippen molar-refractivity contribution in [2.45, 2.75) is 38.5 Å². The number of phenolic OH excluding ortho intramolecular Hbond substituents is 1. The molecule has 3 N–H and O–H groups in total. The highest BCUT2D eigenvalue weighted by molar-refractivity contribution is 5.85. The van der Waals surface area contributed by atoms with Crippen LogP contribution in [0.5, 0.6) is 5.75 Å². The van der Waals surface area contributed by atoms with E-state index in [1.54, 1.807) is 0 Å². The molecule has 7 heteroatoms. The highest BCUT2D eigenvalue weighted by Crippen LogP contribution is 2.22. The minimum atomic E-state index is -0.982. The number of β-amino-alcohol motifs (C(OH)–C–C–N with tert-alkyl or cyclic N) is 1. The molecule has 2 aromatic carbocycles. The van der Waals surface area contributed by atoms with Gasteiger partial charge in [-0.15, -0.1) is 12.4 Å². The Hall–Kier alpha value is -2.15. The molecule has 0 amide bonds. The Morgan fingerprint density at radius 2 is 1.96 bits per heavy atom. The van der Waals surface area contributed by atoms with Crippen LogP contribution >= 0.6 is 12.4 Å². The first-order valence-corrected chi connectivity index (χ1v) is 8.67. The number of imidazole rings is 1. The lowest BCUT2D eigenvalue weighted by Gasteiger charge is -2.28. The minimum absolute atomic E-state index is 0. The summed E-state index contributed by atoms with van der Waals surface area (Å²) in [7, 11) is 0. The van der Waals surface area contributed by atoms with E-state index in [2.05, 4.69) is 14.9 Å². The van der Waals surface area contributed by atoms with Gasteiger partial charge < -0.3 is 20.1 Å². The Balaban J connectivity index is 0.00000261. The van der Waals surface area contributed by atoms with Gasteiger partial charge in [-0.1, -0.05) is 12.1 Å². The molecule has 0 aliphatic heterocycles. The Bertz CT molecular complexity index is 898. The molecule has 0 saturated heterocycles. The number of nitrogens with zero attached hydrogens (tertiary/aromatic N) is 2. The summed E-state index contributed by atoms with van der Waals surface area (Å²) in [6.07, 6.45) is 1.67. The predicted octanol–water partition coefficient (Wildman–Crippen LogP) is 3.79.